The molecule has 2 N–H and O–H groups in total. The van der Waals surface area contributed by atoms with Crippen molar-refractivity contribution in [2.45, 2.75) is 19.8 Å². The smallest absolute Gasteiger partial charge is 0.307 e. The van der Waals surface area contributed by atoms with E-state index in [9.17, 15) is 9.59 Å². The molecule has 1 aromatic heterocycles. The van der Waals surface area contributed by atoms with E-state index in [1.807, 2.05) is 26.0 Å². The van der Waals surface area contributed by atoms with E-state index in [-0.39, 0.29) is 21.8 Å². The van der Waals surface area contributed by atoms with E-state index in [0.29, 0.717) is 10.2 Å². The largest absolute Gasteiger partial charge is 0.326 e. The van der Waals surface area contributed by atoms with Gasteiger partial charge in [-0.15, -0.1) is 0 Å². The molecule has 24 heavy (non-hydrogen) atoms. The average molecular weight is 431 g/mol. The van der Waals surface area contributed by atoms with Gasteiger partial charge in [-0.25, -0.2) is 9.78 Å². The Morgan fingerprint density at radius 3 is 2.54 bits per heavy atom. The highest BCUT2D eigenvalue weighted by Gasteiger charge is 2.18. The highest BCUT2D eigenvalue weighted by atomic mass is 79.9. The third-order valence-corrected chi connectivity index (χ3v) is 4.57. The second-order valence-electron chi connectivity index (χ2n) is 5.24. The first kappa shape index (κ1) is 18.7. The van der Waals surface area contributed by atoms with Crippen molar-refractivity contribution in [3.8, 4) is 0 Å². The van der Waals surface area contributed by atoms with Crippen LogP contribution in [0.4, 0.5) is 10.5 Å². The second-order valence-corrected chi connectivity index (χ2v) is 6.86. The molecule has 0 spiro atoms. The number of pyridine rings is 1. The van der Waals surface area contributed by atoms with Crippen LogP contribution in [0.25, 0.3) is 0 Å². The summed E-state index contributed by atoms with van der Waals surface area (Å²) in [5.74, 6) is -0.521. The van der Waals surface area contributed by atoms with E-state index >= 15 is 0 Å². The Morgan fingerprint density at radius 1 is 1.21 bits per heavy atom. The molecule has 3 amide bonds. The molecular formula is C16H14BrCl2N3O2. The summed E-state index contributed by atoms with van der Waals surface area (Å²) >= 11 is 15.0. The molecule has 1 aromatic carbocycles. The van der Waals surface area contributed by atoms with Gasteiger partial charge in [0, 0.05) is 5.69 Å². The van der Waals surface area contributed by atoms with Crippen molar-refractivity contribution in [1.82, 2.24) is 10.3 Å². The van der Waals surface area contributed by atoms with Gasteiger partial charge in [-0.2, -0.15) is 0 Å². The number of benzene rings is 1. The van der Waals surface area contributed by atoms with Gasteiger partial charge in [0.05, 0.1) is 9.50 Å². The summed E-state index contributed by atoms with van der Waals surface area (Å²) in [4.78, 5) is 28.1. The predicted molar refractivity (Wildman–Crippen MR) is 99.0 cm³/mol. The molecule has 5 nitrogen and oxygen atoms in total. The van der Waals surface area contributed by atoms with Gasteiger partial charge in [-0.05, 0) is 39.5 Å². The van der Waals surface area contributed by atoms with E-state index in [1.54, 1.807) is 12.1 Å². The van der Waals surface area contributed by atoms with Crippen LogP contribution in [0.5, 0.6) is 0 Å². The van der Waals surface area contributed by atoms with Crippen LogP contribution < -0.4 is 10.6 Å². The topological polar surface area (TPSA) is 71.1 Å². The van der Waals surface area contributed by atoms with Crippen molar-refractivity contribution in [3.05, 3.63) is 56.2 Å². The lowest BCUT2D eigenvalue weighted by atomic mass is 10.0. The number of amides is 3. The van der Waals surface area contributed by atoms with Crippen molar-refractivity contribution >= 4 is 56.8 Å². The van der Waals surface area contributed by atoms with Gasteiger partial charge in [0.25, 0.3) is 5.91 Å². The van der Waals surface area contributed by atoms with Crippen molar-refractivity contribution in [2.24, 2.45) is 0 Å². The first-order valence-electron chi connectivity index (χ1n) is 7.02. The fraction of sp³-hybridized carbons (Fsp3) is 0.188. The Kier molecular flexibility index (Phi) is 6.21. The summed E-state index contributed by atoms with van der Waals surface area (Å²) in [7, 11) is 0. The van der Waals surface area contributed by atoms with Crippen LogP contribution in [-0.2, 0) is 0 Å². The number of imide groups is 1. The monoisotopic (exact) mass is 429 g/mol. The van der Waals surface area contributed by atoms with Crippen LogP contribution in [0, 0.1) is 0 Å². The Bertz CT molecular complexity index is 797. The lowest BCUT2D eigenvalue weighted by Crippen LogP contribution is -2.35. The Balaban J connectivity index is 2.13. The first-order valence-corrected chi connectivity index (χ1v) is 8.57. The molecule has 0 saturated heterocycles. The number of para-hydroxylation sites is 1. The zero-order valence-electron chi connectivity index (χ0n) is 12.9. The van der Waals surface area contributed by atoms with Crippen LogP contribution in [0.15, 0.2) is 34.8 Å². The standard InChI is InChI=1S/C16H14BrCl2N3O2/c1-8(2)9-5-3-4-6-12(9)20-16(24)22-15(23)13-11(18)7-10(17)14(19)21-13/h3-8H,1-2H3,(H2,20,22,23,24). The minimum absolute atomic E-state index is 0.0788. The number of aromatic nitrogens is 1. The summed E-state index contributed by atoms with van der Waals surface area (Å²) in [6, 6.07) is 8.13. The van der Waals surface area contributed by atoms with Gasteiger partial charge < -0.3 is 5.32 Å². The Hall–Kier alpha value is -1.63. The van der Waals surface area contributed by atoms with Gasteiger partial charge in [0.15, 0.2) is 0 Å². The van der Waals surface area contributed by atoms with Crippen molar-refractivity contribution in [3.63, 3.8) is 0 Å². The summed E-state index contributed by atoms with van der Waals surface area (Å²) in [6.07, 6.45) is 0. The predicted octanol–water partition coefficient (Wildman–Crippen LogP) is 5.24. The molecule has 2 aromatic rings. The highest BCUT2D eigenvalue weighted by Crippen LogP contribution is 2.26. The maximum atomic E-state index is 12.2. The third kappa shape index (κ3) is 4.47. The molecule has 0 saturated carbocycles. The van der Waals surface area contributed by atoms with E-state index < -0.39 is 11.9 Å². The SMILES string of the molecule is CC(C)c1ccccc1NC(=O)NC(=O)c1nc(Cl)c(Br)cc1Cl. The van der Waals surface area contributed by atoms with E-state index in [4.69, 9.17) is 23.2 Å². The molecule has 0 fully saturated rings. The molecule has 0 bridgehead atoms. The van der Waals surface area contributed by atoms with Crippen LogP contribution >= 0.6 is 39.1 Å². The number of nitrogens with zero attached hydrogens (tertiary/aromatic N) is 1. The molecule has 2 rings (SSSR count). The molecule has 0 aliphatic heterocycles. The second kappa shape index (κ2) is 7.96. The van der Waals surface area contributed by atoms with Crippen LogP contribution in [0.1, 0.15) is 35.8 Å². The number of carbonyl (C=O) groups excluding carboxylic acids is 2. The lowest BCUT2D eigenvalue weighted by Gasteiger charge is -2.14. The highest BCUT2D eigenvalue weighted by molar-refractivity contribution is 9.10. The number of nitrogens with one attached hydrogen (secondary N) is 2. The molecule has 8 heteroatoms. The molecule has 0 radical (unpaired) electrons. The first-order chi connectivity index (χ1) is 11.3. The van der Waals surface area contributed by atoms with E-state index in [2.05, 4.69) is 31.5 Å². The minimum atomic E-state index is -0.742. The van der Waals surface area contributed by atoms with Gasteiger partial charge >= 0.3 is 6.03 Å². The normalized spacial score (nSPS) is 10.6. The van der Waals surface area contributed by atoms with Crippen LogP contribution in [-0.4, -0.2) is 16.9 Å². The Labute approximate surface area is 157 Å². The summed E-state index contributed by atoms with van der Waals surface area (Å²) in [6.45, 7) is 4.02. The van der Waals surface area contributed by atoms with Crippen molar-refractivity contribution in [1.29, 1.82) is 0 Å². The van der Waals surface area contributed by atoms with Crippen molar-refractivity contribution < 1.29 is 9.59 Å². The molecule has 0 atom stereocenters. The van der Waals surface area contributed by atoms with Gasteiger partial charge in [0.2, 0.25) is 0 Å². The summed E-state index contributed by atoms with van der Waals surface area (Å²) in [5, 5.41) is 5.00. The number of carbonyl (C=O) groups is 2. The summed E-state index contributed by atoms with van der Waals surface area (Å²) in [5.41, 5.74) is 1.46. The zero-order chi connectivity index (χ0) is 17.9. The maximum Gasteiger partial charge on any atom is 0.326 e. The molecule has 0 aliphatic rings. The third-order valence-electron chi connectivity index (χ3n) is 3.16. The number of halogens is 3. The Morgan fingerprint density at radius 2 is 1.88 bits per heavy atom. The molecular weight excluding hydrogens is 417 g/mol. The number of hydrogen-bond acceptors (Lipinski definition) is 3. The maximum absolute atomic E-state index is 12.2. The number of urea groups is 1. The van der Waals surface area contributed by atoms with E-state index in [0.717, 1.165) is 5.56 Å². The van der Waals surface area contributed by atoms with Crippen LogP contribution in [0.3, 0.4) is 0 Å². The average Bonchev–Trinajstić information content (AvgIpc) is 2.50. The number of rotatable bonds is 3. The van der Waals surface area contributed by atoms with Gasteiger partial charge in [0.1, 0.15) is 10.8 Å². The molecule has 1 heterocycles. The fourth-order valence-electron chi connectivity index (χ4n) is 2.03. The lowest BCUT2D eigenvalue weighted by molar-refractivity contribution is 0.0962. The summed E-state index contributed by atoms with van der Waals surface area (Å²) < 4.78 is 0.459. The van der Waals surface area contributed by atoms with Crippen molar-refractivity contribution in [2.75, 3.05) is 5.32 Å². The fourth-order valence-corrected chi connectivity index (χ4v) is 2.86. The van der Waals surface area contributed by atoms with Crippen LogP contribution in [0.2, 0.25) is 10.2 Å². The van der Waals surface area contributed by atoms with Gasteiger partial charge in [-0.3, -0.25) is 10.1 Å². The molecule has 126 valence electrons. The number of anilines is 1. The zero-order valence-corrected chi connectivity index (χ0v) is 16.0. The number of hydrogen-bond donors (Lipinski definition) is 2. The quantitative estimate of drug-likeness (QED) is 0.654. The molecule has 0 aliphatic carbocycles. The van der Waals surface area contributed by atoms with Gasteiger partial charge in [-0.1, -0.05) is 55.2 Å². The molecule has 0 unspecified atom stereocenters. The minimum Gasteiger partial charge on any atom is -0.307 e. The van der Waals surface area contributed by atoms with E-state index in [1.165, 1.54) is 6.07 Å².